The molecule has 1 aliphatic rings. The smallest absolute Gasteiger partial charge is 0.120 e. The van der Waals surface area contributed by atoms with Crippen molar-refractivity contribution in [1.82, 2.24) is 4.90 Å². The summed E-state index contributed by atoms with van der Waals surface area (Å²) in [7, 11) is 0. The molecule has 1 aromatic rings. The molecule has 1 saturated heterocycles. The van der Waals surface area contributed by atoms with Crippen LogP contribution in [-0.4, -0.2) is 24.5 Å². The number of hydrogen-bond donors (Lipinski definition) is 1. The second-order valence-electron chi connectivity index (χ2n) is 4.56. The molecular weight excluding hydrogens is 200 g/mol. The van der Waals surface area contributed by atoms with Crippen LogP contribution in [0.4, 0.5) is 0 Å². The van der Waals surface area contributed by atoms with Crippen LogP contribution in [0.25, 0.3) is 0 Å². The predicted molar refractivity (Wildman–Crippen MR) is 65.2 cm³/mol. The van der Waals surface area contributed by atoms with E-state index in [9.17, 15) is 0 Å². The Morgan fingerprint density at radius 2 is 2.12 bits per heavy atom. The van der Waals surface area contributed by atoms with E-state index in [0.29, 0.717) is 6.04 Å². The van der Waals surface area contributed by atoms with E-state index in [1.54, 1.807) is 6.26 Å². The van der Waals surface area contributed by atoms with E-state index in [-0.39, 0.29) is 0 Å². The Morgan fingerprint density at radius 3 is 2.75 bits per heavy atom. The van der Waals surface area contributed by atoms with Crippen molar-refractivity contribution in [3.8, 4) is 0 Å². The molecule has 0 amide bonds. The van der Waals surface area contributed by atoms with Crippen LogP contribution in [0.15, 0.2) is 22.8 Å². The molecule has 0 radical (unpaired) electrons. The molecule has 90 valence electrons. The van der Waals surface area contributed by atoms with E-state index >= 15 is 0 Å². The van der Waals surface area contributed by atoms with E-state index < -0.39 is 0 Å². The van der Waals surface area contributed by atoms with Gasteiger partial charge in [0.15, 0.2) is 0 Å². The largest absolute Gasteiger partial charge is 0.468 e. The minimum absolute atomic E-state index is 0.443. The zero-order chi connectivity index (χ0) is 11.2. The van der Waals surface area contributed by atoms with Crippen LogP contribution in [0.3, 0.4) is 0 Å². The van der Waals surface area contributed by atoms with Gasteiger partial charge in [-0.05, 0) is 57.5 Å². The third-order valence-corrected chi connectivity index (χ3v) is 3.38. The molecular formula is C13H22N2O. The van der Waals surface area contributed by atoms with Gasteiger partial charge in [0.25, 0.3) is 0 Å². The van der Waals surface area contributed by atoms with Gasteiger partial charge in [-0.2, -0.15) is 0 Å². The lowest BCUT2D eigenvalue weighted by molar-refractivity contribution is 0.136. The molecule has 1 aromatic heterocycles. The summed E-state index contributed by atoms with van der Waals surface area (Å²) in [6, 6.07) is 4.52. The molecule has 0 saturated carbocycles. The highest BCUT2D eigenvalue weighted by Gasteiger charge is 2.23. The van der Waals surface area contributed by atoms with Crippen LogP contribution in [0, 0.1) is 0 Å². The molecule has 3 heteroatoms. The van der Waals surface area contributed by atoms with Crippen molar-refractivity contribution in [1.29, 1.82) is 0 Å². The highest BCUT2D eigenvalue weighted by atomic mass is 16.3. The van der Waals surface area contributed by atoms with Crippen molar-refractivity contribution in [3.63, 3.8) is 0 Å². The van der Waals surface area contributed by atoms with Crippen molar-refractivity contribution in [2.75, 3.05) is 19.6 Å². The maximum Gasteiger partial charge on any atom is 0.120 e. The van der Waals surface area contributed by atoms with Gasteiger partial charge in [-0.25, -0.2) is 0 Å². The van der Waals surface area contributed by atoms with Crippen LogP contribution >= 0.6 is 0 Å². The second kappa shape index (κ2) is 6.06. The molecule has 0 spiro atoms. The summed E-state index contributed by atoms with van der Waals surface area (Å²) in [5.74, 6) is 1.11. The summed E-state index contributed by atoms with van der Waals surface area (Å²) in [5, 5.41) is 0. The number of likely N-dealkylation sites (tertiary alicyclic amines) is 1. The first-order valence-electron chi connectivity index (χ1n) is 6.39. The summed E-state index contributed by atoms with van der Waals surface area (Å²) in [6.45, 7) is 3.18. The molecule has 0 bridgehead atoms. The maximum atomic E-state index is 5.61. The molecule has 0 aromatic carbocycles. The van der Waals surface area contributed by atoms with E-state index in [1.165, 1.54) is 32.4 Å². The Balaban J connectivity index is 2.01. The molecule has 2 rings (SSSR count). The Labute approximate surface area is 97.6 Å². The molecule has 16 heavy (non-hydrogen) atoms. The minimum Gasteiger partial charge on any atom is -0.468 e. The van der Waals surface area contributed by atoms with Gasteiger partial charge in [-0.15, -0.1) is 0 Å². The van der Waals surface area contributed by atoms with Gasteiger partial charge >= 0.3 is 0 Å². The quantitative estimate of drug-likeness (QED) is 0.832. The fourth-order valence-corrected chi connectivity index (χ4v) is 2.53. The molecule has 1 fully saturated rings. The maximum absolute atomic E-state index is 5.61. The first-order chi connectivity index (χ1) is 7.92. The third kappa shape index (κ3) is 2.86. The van der Waals surface area contributed by atoms with Gasteiger partial charge in [-0.3, -0.25) is 4.90 Å². The summed E-state index contributed by atoms with van der Waals surface area (Å²) in [6.07, 6.45) is 7.97. The molecule has 2 heterocycles. The van der Waals surface area contributed by atoms with E-state index in [2.05, 4.69) is 11.0 Å². The van der Waals surface area contributed by atoms with Crippen LogP contribution in [0.2, 0.25) is 0 Å². The average Bonchev–Trinajstić information content (AvgIpc) is 2.85. The first-order valence-corrected chi connectivity index (χ1v) is 6.39. The average molecular weight is 222 g/mol. The Kier molecular flexibility index (Phi) is 4.43. The monoisotopic (exact) mass is 222 g/mol. The Hall–Kier alpha value is -0.800. The zero-order valence-corrected chi connectivity index (χ0v) is 9.90. The van der Waals surface area contributed by atoms with Gasteiger partial charge < -0.3 is 10.2 Å². The summed E-state index contributed by atoms with van der Waals surface area (Å²) >= 11 is 0. The third-order valence-electron chi connectivity index (χ3n) is 3.38. The molecule has 1 aliphatic heterocycles. The summed E-state index contributed by atoms with van der Waals surface area (Å²) in [4.78, 5) is 2.55. The molecule has 1 unspecified atom stereocenters. The Morgan fingerprint density at radius 1 is 1.31 bits per heavy atom. The normalized spacial score (nSPS) is 19.8. The van der Waals surface area contributed by atoms with Crippen LogP contribution in [0.5, 0.6) is 0 Å². The van der Waals surface area contributed by atoms with Gasteiger partial charge in [0, 0.05) is 0 Å². The van der Waals surface area contributed by atoms with E-state index in [0.717, 1.165) is 25.1 Å². The van der Waals surface area contributed by atoms with Crippen LogP contribution < -0.4 is 5.73 Å². The second-order valence-corrected chi connectivity index (χ2v) is 4.56. The zero-order valence-electron chi connectivity index (χ0n) is 9.90. The van der Waals surface area contributed by atoms with Crippen LogP contribution in [-0.2, 0) is 0 Å². The van der Waals surface area contributed by atoms with Crippen molar-refractivity contribution in [3.05, 3.63) is 24.2 Å². The standard InChI is InChI=1S/C13H22N2O/c14-8-4-6-12(13-7-5-11-16-13)15-9-2-1-3-10-15/h5,7,11-12H,1-4,6,8-10,14H2. The topological polar surface area (TPSA) is 42.4 Å². The molecule has 3 nitrogen and oxygen atoms in total. The molecule has 1 atom stereocenters. The lowest BCUT2D eigenvalue weighted by atomic mass is 10.0. The first kappa shape index (κ1) is 11.7. The summed E-state index contributed by atoms with van der Waals surface area (Å²) in [5.41, 5.74) is 5.61. The van der Waals surface area contributed by atoms with E-state index in [1.807, 2.05) is 6.07 Å². The molecule has 2 N–H and O–H groups in total. The predicted octanol–water partition coefficient (Wildman–Crippen LogP) is 2.55. The van der Waals surface area contributed by atoms with E-state index in [4.69, 9.17) is 10.2 Å². The van der Waals surface area contributed by atoms with Crippen LogP contribution in [0.1, 0.15) is 43.9 Å². The van der Waals surface area contributed by atoms with Crippen molar-refractivity contribution in [2.45, 2.75) is 38.1 Å². The number of nitrogens with zero attached hydrogens (tertiary/aromatic N) is 1. The van der Waals surface area contributed by atoms with Crippen molar-refractivity contribution in [2.24, 2.45) is 5.73 Å². The number of rotatable bonds is 5. The van der Waals surface area contributed by atoms with Gasteiger partial charge in [-0.1, -0.05) is 6.42 Å². The fourth-order valence-electron chi connectivity index (χ4n) is 2.53. The number of hydrogen-bond acceptors (Lipinski definition) is 3. The Bertz CT molecular complexity index is 278. The number of furan rings is 1. The molecule has 0 aliphatic carbocycles. The van der Waals surface area contributed by atoms with Gasteiger partial charge in [0.2, 0.25) is 0 Å². The van der Waals surface area contributed by atoms with Gasteiger partial charge in [0.1, 0.15) is 5.76 Å². The number of nitrogens with two attached hydrogens (primary N) is 1. The fraction of sp³-hybridized carbons (Fsp3) is 0.692. The number of piperidine rings is 1. The SMILES string of the molecule is NCCCC(c1ccco1)N1CCCCC1. The van der Waals surface area contributed by atoms with Gasteiger partial charge in [0.05, 0.1) is 12.3 Å². The lowest BCUT2D eigenvalue weighted by Gasteiger charge is -2.33. The van der Waals surface area contributed by atoms with Crippen molar-refractivity contribution >= 4 is 0 Å². The highest BCUT2D eigenvalue weighted by molar-refractivity contribution is 5.05. The summed E-state index contributed by atoms with van der Waals surface area (Å²) < 4.78 is 5.56. The highest BCUT2D eigenvalue weighted by Crippen LogP contribution is 2.28. The van der Waals surface area contributed by atoms with Crippen molar-refractivity contribution < 1.29 is 4.42 Å². The minimum atomic E-state index is 0.443. The lowest BCUT2D eigenvalue weighted by Crippen LogP contribution is -2.33.